The molecule has 0 aromatic heterocycles. The lowest BCUT2D eigenvalue weighted by atomic mass is 9.97. The van der Waals surface area contributed by atoms with Crippen LogP contribution < -0.4 is 16.0 Å². The third-order valence-corrected chi connectivity index (χ3v) is 4.38. The van der Waals surface area contributed by atoms with Gasteiger partial charge in [0.1, 0.15) is 5.75 Å². The molecule has 1 aliphatic rings. The first-order chi connectivity index (χ1) is 9.72. The lowest BCUT2D eigenvalue weighted by Crippen LogP contribution is -2.40. The molecule has 2 rings (SSSR count). The van der Waals surface area contributed by atoms with Crippen LogP contribution in [0.3, 0.4) is 0 Å². The second-order valence-corrected chi connectivity index (χ2v) is 6.12. The van der Waals surface area contributed by atoms with Gasteiger partial charge < -0.3 is 9.47 Å². The van der Waals surface area contributed by atoms with Crippen LogP contribution in [0, 0.1) is 0 Å². The zero-order valence-electron chi connectivity index (χ0n) is 11.9. The fourth-order valence-electron chi connectivity index (χ4n) is 2.64. The van der Waals surface area contributed by atoms with Crippen molar-refractivity contribution in [2.45, 2.75) is 44.2 Å². The Kier molecular flexibility index (Phi) is 6.29. The number of hydrogen-bond donors (Lipinski definition) is 2. The summed E-state index contributed by atoms with van der Waals surface area (Å²) < 4.78 is 12.0. The first-order valence-corrected chi connectivity index (χ1v) is 7.92. The van der Waals surface area contributed by atoms with E-state index < -0.39 is 0 Å². The lowest BCUT2D eigenvalue weighted by Gasteiger charge is -2.26. The Morgan fingerprint density at radius 3 is 2.95 bits per heavy atom. The quantitative estimate of drug-likeness (QED) is 0.616. The van der Waals surface area contributed by atoms with E-state index in [0.29, 0.717) is 6.10 Å². The number of benzene rings is 1. The molecule has 20 heavy (non-hydrogen) atoms. The smallest absolute Gasteiger partial charge is 0.133 e. The first-order valence-electron chi connectivity index (χ1n) is 7.13. The Morgan fingerprint density at radius 1 is 1.50 bits per heavy atom. The van der Waals surface area contributed by atoms with E-state index in [1.165, 1.54) is 18.4 Å². The van der Waals surface area contributed by atoms with Crippen LogP contribution in [0.25, 0.3) is 0 Å². The number of nitrogens with one attached hydrogen (secondary N) is 1. The normalized spacial score (nSPS) is 20.6. The van der Waals surface area contributed by atoms with Gasteiger partial charge in [-0.25, -0.2) is 0 Å². The molecule has 0 aliphatic carbocycles. The van der Waals surface area contributed by atoms with Crippen molar-refractivity contribution in [2.24, 2.45) is 5.84 Å². The number of hydrogen-bond acceptors (Lipinski definition) is 4. The Hall–Kier alpha value is -0.620. The van der Waals surface area contributed by atoms with E-state index in [-0.39, 0.29) is 6.04 Å². The molecule has 0 bridgehead atoms. The molecule has 1 fully saturated rings. The Labute approximate surface area is 129 Å². The summed E-state index contributed by atoms with van der Waals surface area (Å²) in [5.41, 5.74) is 4.15. The fraction of sp³-hybridized carbons (Fsp3) is 0.600. The molecule has 1 saturated heterocycles. The van der Waals surface area contributed by atoms with Crippen molar-refractivity contribution >= 4 is 15.9 Å². The summed E-state index contributed by atoms with van der Waals surface area (Å²) in [6.07, 6.45) is 5.77. The van der Waals surface area contributed by atoms with Gasteiger partial charge >= 0.3 is 0 Å². The van der Waals surface area contributed by atoms with Crippen LogP contribution in [0.1, 0.15) is 31.2 Å². The first kappa shape index (κ1) is 15.8. The van der Waals surface area contributed by atoms with Crippen molar-refractivity contribution in [3.05, 3.63) is 28.2 Å². The molecule has 1 aromatic rings. The van der Waals surface area contributed by atoms with E-state index in [9.17, 15) is 0 Å². The number of hydrazine groups is 1. The highest BCUT2D eigenvalue weighted by atomic mass is 79.9. The fourth-order valence-corrected chi connectivity index (χ4v) is 3.23. The van der Waals surface area contributed by atoms with Crippen LogP contribution in [-0.4, -0.2) is 25.9 Å². The second kappa shape index (κ2) is 7.98. The van der Waals surface area contributed by atoms with Gasteiger partial charge in [-0.05, 0) is 65.7 Å². The van der Waals surface area contributed by atoms with E-state index in [2.05, 4.69) is 33.5 Å². The maximum atomic E-state index is 5.78. The largest absolute Gasteiger partial charge is 0.496 e. The predicted octanol–water partition coefficient (Wildman–Crippen LogP) is 2.79. The monoisotopic (exact) mass is 342 g/mol. The van der Waals surface area contributed by atoms with Gasteiger partial charge in [-0.3, -0.25) is 11.3 Å². The number of ether oxygens (including phenoxy) is 2. The van der Waals surface area contributed by atoms with Crippen molar-refractivity contribution in [3.63, 3.8) is 0 Å². The highest BCUT2D eigenvalue weighted by Gasteiger charge is 2.19. The summed E-state index contributed by atoms with van der Waals surface area (Å²) >= 11 is 3.52. The summed E-state index contributed by atoms with van der Waals surface area (Å²) in [4.78, 5) is 0. The van der Waals surface area contributed by atoms with Crippen LogP contribution in [0.15, 0.2) is 22.7 Å². The van der Waals surface area contributed by atoms with E-state index in [1.54, 1.807) is 7.11 Å². The van der Waals surface area contributed by atoms with Crippen molar-refractivity contribution < 1.29 is 9.47 Å². The zero-order chi connectivity index (χ0) is 14.4. The molecule has 112 valence electrons. The summed E-state index contributed by atoms with van der Waals surface area (Å²) in [6, 6.07) is 6.38. The molecule has 0 saturated carbocycles. The molecule has 0 spiro atoms. The minimum absolute atomic E-state index is 0.235. The number of nitrogens with two attached hydrogens (primary N) is 1. The molecule has 0 amide bonds. The van der Waals surface area contributed by atoms with Crippen molar-refractivity contribution in [2.75, 3.05) is 13.7 Å². The molecule has 4 nitrogen and oxygen atoms in total. The summed E-state index contributed by atoms with van der Waals surface area (Å²) in [5.74, 6) is 6.54. The van der Waals surface area contributed by atoms with Crippen molar-refractivity contribution in [3.8, 4) is 5.75 Å². The Balaban J connectivity index is 1.93. The second-order valence-electron chi connectivity index (χ2n) is 5.26. The van der Waals surface area contributed by atoms with Crippen molar-refractivity contribution in [1.29, 1.82) is 0 Å². The van der Waals surface area contributed by atoms with Crippen molar-refractivity contribution in [1.82, 2.24) is 5.43 Å². The van der Waals surface area contributed by atoms with Gasteiger partial charge in [-0.1, -0.05) is 6.07 Å². The molecule has 1 aromatic carbocycles. The Bertz CT molecular complexity index is 422. The van der Waals surface area contributed by atoms with Gasteiger partial charge in [0.2, 0.25) is 0 Å². The molecule has 1 aliphatic heterocycles. The number of halogens is 1. The van der Waals surface area contributed by atoms with Crippen LogP contribution in [0.5, 0.6) is 5.75 Å². The summed E-state index contributed by atoms with van der Waals surface area (Å²) in [6.45, 7) is 0.885. The van der Waals surface area contributed by atoms with Crippen LogP contribution in [0.2, 0.25) is 0 Å². The van der Waals surface area contributed by atoms with E-state index in [1.807, 2.05) is 6.07 Å². The van der Waals surface area contributed by atoms with Gasteiger partial charge in [-0.2, -0.15) is 0 Å². The lowest BCUT2D eigenvalue weighted by molar-refractivity contribution is 0.00524. The summed E-state index contributed by atoms with van der Waals surface area (Å²) in [7, 11) is 1.67. The molecular formula is C15H23BrN2O2. The average Bonchev–Trinajstić information content (AvgIpc) is 2.48. The van der Waals surface area contributed by atoms with Gasteiger partial charge in [-0.15, -0.1) is 0 Å². The zero-order valence-corrected chi connectivity index (χ0v) is 13.5. The van der Waals surface area contributed by atoms with Gasteiger partial charge in [0.05, 0.1) is 17.7 Å². The van der Waals surface area contributed by atoms with E-state index >= 15 is 0 Å². The summed E-state index contributed by atoms with van der Waals surface area (Å²) in [5, 5.41) is 0. The average molecular weight is 343 g/mol. The number of rotatable bonds is 6. The maximum absolute atomic E-state index is 5.78. The van der Waals surface area contributed by atoms with Crippen LogP contribution in [0.4, 0.5) is 0 Å². The molecule has 5 heteroatoms. The van der Waals surface area contributed by atoms with Gasteiger partial charge in [0.15, 0.2) is 0 Å². The van der Waals surface area contributed by atoms with Crippen LogP contribution in [-0.2, 0) is 11.2 Å². The highest BCUT2D eigenvalue weighted by molar-refractivity contribution is 9.10. The molecule has 2 unspecified atom stereocenters. The topological polar surface area (TPSA) is 56.5 Å². The van der Waals surface area contributed by atoms with E-state index in [4.69, 9.17) is 15.3 Å². The third kappa shape index (κ3) is 4.45. The highest BCUT2D eigenvalue weighted by Crippen LogP contribution is 2.26. The maximum Gasteiger partial charge on any atom is 0.133 e. The Morgan fingerprint density at radius 2 is 2.35 bits per heavy atom. The number of methoxy groups -OCH3 is 1. The molecule has 0 radical (unpaired) electrons. The van der Waals surface area contributed by atoms with Gasteiger partial charge in [0.25, 0.3) is 0 Å². The molecule has 2 atom stereocenters. The molecule has 1 heterocycles. The molecule has 3 N–H and O–H groups in total. The van der Waals surface area contributed by atoms with Gasteiger partial charge in [0, 0.05) is 12.6 Å². The molecular weight excluding hydrogens is 320 g/mol. The predicted molar refractivity (Wildman–Crippen MR) is 83.7 cm³/mol. The minimum atomic E-state index is 0.235. The SMILES string of the molecule is COc1ccc(CC(CC2CCCCO2)NN)cc1Br. The minimum Gasteiger partial charge on any atom is -0.496 e. The van der Waals surface area contributed by atoms with E-state index in [0.717, 1.165) is 36.1 Å². The standard InChI is InChI=1S/C15H23BrN2O2/c1-19-15-6-5-11(9-14(15)16)8-12(18-17)10-13-4-2-3-7-20-13/h5-6,9,12-13,18H,2-4,7-8,10,17H2,1H3. The van der Waals surface area contributed by atoms with Crippen LogP contribution >= 0.6 is 15.9 Å². The third-order valence-electron chi connectivity index (χ3n) is 3.76.